The first-order chi connectivity index (χ1) is 14.0. The molecule has 0 fully saturated rings. The van der Waals surface area contributed by atoms with Gasteiger partial charge in [-0.1, -0.05) is 26.0 Å². The van der Waals surface area contributed by atoms with Crippen molar-refractivity contribution in [3.63, 3.8) is 0 Å². The summed E-state index contributed by atoms with van der Waals surface area (Å²) in [7, 11) is 0. The maximum Gasteiger partial charge on any atom is 0.266 e. The number of carbonyl (C=O) groups excluding carboxylic acids is 1. The molecule has 3 rings (SSSR count). The number of rotatable bonds is 8. The highest BCUT2D eigenvalue weighted by Gasteiger charge is 2.20. The van der Waals surface area contributed by atoms with Crippen molar-refractivity contribution in [1.29, 1.82) is 0 Å². The molecule has 29 heavy (non-hydrogen) atoms. The number of aromatic nitrogens is 2. The minimum atomic E-state index is -0.718. The summed E-state index contributed by atoms with van der Waals surface area (Å²) in [6.07, 6.45) is -0.718. The van der Waals surface area contributed by atoms with E-state index in [0.717, 1.165) is 11.3 Å². The van der Waals surface area contributed by atoms with E-state index >= 15 is 0 Å². The first-order valence-electron chi connectivity index (χ1n) is 9.61. The SMILES string of the molecule is CCOc1ccc(-c2nonc2NC(=O)[C@@H](C)Oc2ccc(C(C)C)cc2)cc1. The van der Waals surface area contributed by atoms with Gasteiger partial charge in [-0.25, -0.2) is 4.63 Å². The minimum absolute atomic E-state index is 0.241. The first-order valence-corrected chi connectivity index (χ1v) is 9.61. The Morgan fingerprint density at radius 1 is 1.00 bits per heavy atom. The van der Waals surface area contributed by atoms with E-state index < -0.39 is 6.10 Å². The summed E-state index contributed by atoms with van der Waals surface area (Å²) >= 11 is 0. The second kappa shape index (κ2) is 9.23. The molecule has 1 aromatic heterocycles. The molecule has 0 saturated heterocycles. The lowest BCUT2D eigenvalue weighted by molar-refractivity contribution is -0.122. The second-order valence-electron chi connectivity index (χ2n) is 6.89. The van der Waals surface area contributed by atoms with Gasteiger partial charge in [-0.3, -0.25) is 4.79 Å². The largest absolute Gasteiger partial charge is 0.494 e. The van der Waals surface area contributed by atoms with Gasteiger partial charge >= 0.3 is 0 Å². The minimum Gasteiger partial charge on any atom is -0.494 e. The van der Waals surface area contributed by atoms with Crippen LogP contribution in [0.2, 0.25) is 0 Å². The van der Waals surface area contributed by atoms with Crippen molar-refractivity contribution >= 4 is 11.7 Å². The average molecular weight is 395 g/mol. The molecule has 0 aliphatic heterocycles. The van der Waals surface area contributed by atoms with Crippen LogP contribution in [0.15, 0.2) is 53.2 Å². The Labute approximate surface area is 170 Å². The smallest absolute Gasteiger partial charge is 0.266 e. The van der Waals surface area contributed by atoms with Crippen molar-refractivity contribution in [2.75, 3.05) is 11.9 Å². The summed E-state index contributed by atoms with van der Waals surface area (Å²) in [6, 6.07) is 15.0. The predicted octanol–water partition coefficient (Wildman–Crippen LogP) is 4.66. The molecule has 1 N–H and O–H groups in total. The van der Waals surface area contributed by atoms with Gasteiger partial charge < -0.3 is 14.8 Å². The molecule has 7 nitrogen and oxygen atoms in total. The quantitative estimate of drug-likeness (QED) is 0.597. The highest BCUT2D eigenvalue weighted by molar-refractivity contribution is 5.95. The average Bonchev–Trinajstić information content (AvgIpc) is 3.17. The Morgan fingerprint density at radius 3 is 2.28 bits per heavy atom. The fraction of sp³-hybridized carbons (Fsp3) is 0.318. The fourth-order valence-electron chi connectivity index (χ4n) is 2.74. The first kappa shape index (κ1) is 20.4. The molecular formula is C22H25N3O4. The van der Waals surface area contributed by atoms with E-state index in [4.69, 9.17) is 14.1 Å². The van der Waals surface area contributed by atoms with Crippen molar-refractivity contribution in [2.24, 2.45) is 0 Å². The van der Waals surface area contributed by atoms with Crippen LogP contribution in [-0.2, 0) is 4.79 Å². The number of hydrogen-bond donors (Lipinski definition) is 1. The fourth-order valence-corrected chi connectivity index (χ4v) is 2.74. The zero-order valence-electron chi connectivity index (χ0n) is 17.0. The van der Waals surface area contributed by atoms with Crippen LogP contribution in [0.1, 0.15) is 39.2 Å². The van der Waals surface area contributed by atoms with Gasteiger partial charge in [0.15, 0.2) is 11.8 Å². The van der Waals surface area contributed by atoms with Crippen LogP contribution in [0.5, 0.6) is 11.5 Å². The highest BCUT2D eigenvalue weighted by atomic mass is 16.6. The molecule has 1 amide bonds. The molecule has 0 saturated carbocycles. The second-order valence-corrected chi connectivity index (χ2v) is 6.89. The molecule has 2 aromatic carbocycles. The molecule has 3 aromatic rings. The molecule has 7 heteroatoms. The van der Waals surface area contributed by atoms with E-state index in [1.54, 1.807) is 6.92 Å². The van der Waals surface area contributed by atoms with Crippen LogP contribution in [0, 0.1) is 0 Å². The Kier molecular flexibility index (Phi) is 6.49. The zero-order chi connectivity index (χ0) is 20.8. The Hall–Kier alpha value is -3.35. The van der Waals surface area contributed by atoms with Gasteiger partial charge in [0.2, 0.25) is 5.82 Å². The summed E-state index contributed by atoms with van der Waals surface area (Å²) in [6.45, 7) is 8.44. The van der Waals surface area contributed by atoms with E-state index in [1.807, 2.05) is 55.5 Å². The molecule has 0 unspecified atom stereocenters. The maximum absolute atomic E-state index is 12.5. The van der Waals surface area contributed by atoms with E-state index in [2.05, 4.69) is 29.5 Å². The van der Waals surface area contributed by atoms with E-state index in [1.165, 1.54) is 5.56 Å². The standard InChI is InChI=1S/C22H25N3O4/c1-5-27-18-10-8-17(9-11-18)20-21(25-29-24-20)23-22(26)15(4)28-19-12-6-16(7-13-19)14(2)3/h6-15H,5H2,1-4H3,(H,23,25,26)/t15-/m1/s1. The number of hydrogen-bond acceptors (Lipinski definition) is 6. The lowest BCUT2D eigenvalue weighted by Gasteiger charge is -2.15. The normalized spacial score (nSPS) is 11.9. The van der Waals surface area contributed by atoms with E-state index in [0.29, 0.717) is 24.0 Å². The summed E-state index contributed by atoms with van der Waals surface area (Å²) < 4.78 is 16.0. The molecular weight excluding hydrogens is 370 g/mol. The van der Waals surface area contributed by atoms with Gasteiger partial charge in [-0.05, 0) is 72.0 Å². The van der Waals surface area contributed by atoms with Crippen molar-refractivity contribution in [3.05, 3.63) is 54.1 Å². The number of ether oxygens (including phenoxy) is 2. The van der Waals surface area contributed by atoms with Crippen molar-refractivity contribution < 1.29 is 18.9 Å². The Morgan fingerprint density at radius 2 is 1.66 bits per heavy atom. The molecule has 0 aliphatic rings. The Bertz CT molecular complexity index is 933. The summed E-state index contributed by atoms with van der Waals surface area (Å²) in [5, 5.41) is 10.4. The van der Waals surface area contributed by atoms with Gasteiger partial charge in [0.05, 0.1) is 6.61 Å². The van der Waals surface area contributed by atoms with Gasteiger partial charge in [0.25, 0.3) is 5.91 Å². The third-order valence-corrected chi connectivity index (χ3v) is 4.40. The summed E-state index contributed by atoms with van der Waals surface area (Å²) in [5.41, 5.74) is 2.40. The number of nitrogens with one attached hydrogen (secondary N) is 1. The van der Waals surface area contributed by atoms with Gasteiger partial charge in [-0.2, -0.15) is 0 Å². The number of nitrogens with zero attached hydrogens (tertiary/aromatic N) is 2. The number of carbonyl (C=O) groups is 1. The van der Waals surface area contributed by atoms with Crippen LogP contribution < -0.4 is 14.8 Å². The van der Waals surface area contributed by atoms with Crippen molar-refractivity contribution in [1.82, 2.24) is 10.3 Å². The molecule has 1 atom stereocenters. The van der Waals surface area contributed by atoms with Crippen LogP contribution in [0.4, 0.5) is 5.82 Å². The van der Waals surface area contributed by atoms with Crippen LogP contribution in [0.25, 0.3) is 11.3 Å². The topological polar surface area (TPSA) is 86.5 Å². The lowest BCUT2D eigenvalue weighted by atomic mass is 10.0. The number of benzene rings is 2. The third-order valence-electron chi connectivity index (χ3n) is 4.40. The molecule has 1 heterocycles. The van der Waals surface area contributed by atoms with E-state index in [9.17, 15) is 4.79 Å². The molecule has 0 radical (unpaired) electrons. The molecule has 0 spiro atoms. The van der Waals surface area contributed by atoms with Crippen molar-refractivity contribution in [3.8, 4) is 22.8 Å². The Balaban J connectivity index is 1.65. The number of anilines is 1. The van der Waals surface area contributed by atoms with Gasteiger partial charge in [-0.15, -0.1) is 0 Å². The van der Waals surface area contributed by atoms with Gasteiger partial charge in [0, 0.05) is 5.56 Å². The molecule has 0 bridgehead atoms. The highest BCUT2D eigenvalue weighted by Crippen LogP contribution is 2.26. The zero-order valence-corrected chi connectivity index (χ0v) is 17.0. The van der Waals surface area contributed by atoms with E-state index in [-0.39, 0.29) is 11.7 Å². The monoisotopic (exact) mass is 395 g/mol. The summed E-state index contributed by atoms with van der Waals surface area (Å²) in [4.78, 5) is 12.5. The van der Waals surface area contributed by atoms with Gasteiger partial charge in [0.1, 0.15) is 11.5 Å². The number of amides is 1. The van der Waals surface area contributed by atoms with Crippen LogP contribution >= 0.6 is 0 Å². The van der Waals surface area contributed by atoms with Crippen LogP contribution in [0.3, 0.4) is 0 Å². The maximum atomic E-state index is 12.5. The molecule has 152 valence electrons. The predicted molar refractivity (Wildman–Crippen MR) is 110 cm³/mol. The molecule has 0 aliphatic carbocycles. The lowest BCUT2D eigenvalue weighted by Crippen LogP contribution is -2.30. The van der Waals surface area contributed by atoms with Crippen LogP contribution in [-0.4, -0.2) is 28.9 Å². The summed E-state index contributed by atoms with van der Waals surface area (Å²) in [5.74, 6) is 1.71. The third kappa shape index (κ3) is 5.13. The van der Waals surface area contributed by atoms with Crippen molar-refractivity contribution in [2.45, 2.75) is 39.7 Å².